The molecular formula is C14H23NO3. The van der Waals surface area contributed by atoms with Crippen molar-refractivity contribution in [1.29, 1.82) is 0 Å². The summed E-state index contributed by atoms with van der Waals surface area (Å²) in [6.07, 6.45) is 1.96. The minimum Gasteiger partial charge on any atom is -0.493 e. The van der Waals surface area contributed by atoms with E-state index in [9.17, 15) is 0 Å². The van der Waals surface area contributed by atoms with Crippen LogP contribution < -0.4 is 15.2 Å². The number of benzene rings is 1. The molecule has 0 aliphatic heterocycles. The van der Waals surface area contributed by atoms with E-state index in [0.29, 0.717) is 6.61 Å². The molecule has 0 aromatic heterocycles. The molecule has 1 atom stereocenters. The van der Waals surface area contributed by atoms with E-state index >= 15 is 0 Å². The number of unbranched alkanes of at least 4 members (excludes halogenated alkanes) is 1. The molecule has 0 saturated carbocycles. The zero-order valence-corrected chi connectivity index (χ0v) is 11.4. The lowest BCUT2D eigenvalue weighted by atomic mass is 10.1. The van der Waals surface area contributed by atoms with Crippen molar-refractivity contribution in [1.82, 2.24) is 0 Å². The first kappa shape index (κ1) is 14.8. The zero-order chi connectivity index (χ0) is 13.4. The normalized spacial score (nSPS) is 12.2. The number of ether oxygens (including phenoxy) is 3. The van der Waals surface area contributed by atoms with Crippen LogP contribution in [0, 0.1) is 0 Å². The van der Waals surface area contributed by atoms with E-state index in [1.807, 2.05) is 25.1 Å². The second kappa shape index (κ2) is 7.95. The van der Waals surface area contributed by atoms with Crippen LogP contribution in [0.2, 0.25) is 0 Å². The quantitative estimate of drug-likeness (QED) is 0.723. The number of hydrogen-bond donors (Lipinski definition) is 1. The summed E-state index contributed by atoms with van der Waals surface area (Å²) in [5.41, 5.74) is 6.87. The maximum absolute atomic E-state index is 5.83. The standard InChI is InChI=1S/C14H23NO3/c1-11(15)12-6-7-13(14(10-12)17-3)18-9-5-4-8-16-2/h6-7,10-11H,4-5,8-9,15H2,1-3H3/t11-/m0/s1. The molecule has 0 heterocycles. The van der Waals surface area contributed by atoms with Gasteiger partial charge < -0.3 is 19.9 Å². The Morgan fingerprint density at radius 3 is 2.44 bits per heavy atom. The summed E-state index contributed by atoms with van der Waals surface area (Å²) in [5.74, 6) is 1.50. The Hall–Kier alpha value is -1.26. The largest absolute Gasteiger partial charge is 0.493 e. The lowest BCUT2D eigenvalue weighted by Gasteiger charge is -2.13. The highest BCUT2D eigenvalue weighted by molar-refractivity contribution is 5.43. The number of methoxy groups -OCH3 is 2. The third kappa shape index (κ3) is 4.55. The van der Waals surface area contributed by atoms with Gasteiger partial charge in [-0.15, -0.1) is 0 Å². The fraction of sp³-hybridized carbons (Fsp3) is 0.571. The molecule has 1 aromatic carbocycles. The predicted molar refractivity (Wildman–Crippen MR) is 72.2 cm³/mol. The van der Waals surface area contributed by atoms with E-state index in [1.165, 1.54) is 0 Å². The second-order valence-corrected chi connectivity index (χ2v) is 4.25. The van der Waals surface area contributed by atoms with Gasteiger partial charge in [-0.25, -0.2) is 0 Å². The Kier molecular flexibility index (Phi) is 6.54. The van der Waals surface area contributed by atoms with Crippen molar-refractivity contribution in [3.63, 3.8) is 0 Å². The van der Waals surface area contributed by atoms with Crippen LogP contribution >= 0.6 is 0 Å². The van der Waals surface area contributed by atoms with Crippen LogP contribution in [0.1, 0.15) is 31.4 Å². The van der Waals surface area contributed by atoms with Gasteiger partial charge in [0.2, 0.25) is 0 Å². The molecule has 18 heavy (non-hydrogen) atoms. The van der Waals surface area contributed by atoms with Crippen molar-refractivity contribution in [2.24, 2.45) is 5.73 Å². The molecule has 0 radical (unpaired) electrons. The summed E-state index contributed by atoms with van der Waals surface area (Å²) >= 11 is 0. The molecule has 1 aromatic rings. The van der Waals surface area contributed by atoms with E-state index in [1.54, 1.807) is 14.2 Å². The fourth-order valence-corrected chi connectivity index (χ4v) is 1.62. The van der Waals surface area contributed by atoms with Gasteiger partial charge in [-0.05, 0) is 37.5 Å². The topological polar surface area (TPSA) is 53.7 Å². The number of hydrogen-bond acceptors (Lipinski definition) is 4. The lowest BCUT2D eigenvalue weighted by Crippen LogP contribution is -2.06. The average Bonchev–Trinajstić information content (AvgIpc) is 2.38. The first-order valence-corrected chi connectivity index (χ1v) is 6.24. The van der Waals surface area contributed by atoms with Crippen molar-refractivity contribution in [3.05, 3.63) is 23.8 Å². The number of rotatable bonds is 8. The van der Waals surface area contributed by atoms with Gasteiger partial charge in [-0.2, -0.15) is 0 Å². The molecule has 102 valence electrons. The molecule has 0 spiro atoms. The summed E-state index contributed by atoms with van der Waals surface area (Å²) in [6, 6.07) is 5.80. The Balaban J connectivity index is 2.54. The van der Waals surface area contributed by atoms with E-state index < -0.39 is 0 Å². The Morgan fingerprint density at radius 1 is 1.11 bits per heavy atom. The van der Waals surface area contributed by atoms with Gasteiger partial charge in [-0.3, -0.25) is 0 Å². The second-order valence-electron chi connectivity index (χ2n) is 4.25. The SMILES string of the molecule is COCCCCOc1ccc([C@H](C)N)cc1OC. The molecule has 2 N–H and O–H groups in total. The molecule has 0 fully saturated rings. The molecule has 0 aliphatic carbocycles. The van der Waals surface area contributed by atoms with E-state index in [2.05, 4.69) is 0 Å². The predicted octanol–water partition coefficient (Wildman–Crippen LogP) is 2.52. The van der Waals surface area contributed by atoms with Crippen molar-refractivity contribution in [2.45, 2.75) is 25.8 Å². The molecule has 0 saturated heterocycles. The third-order valence-corrected chi connectivity index (χ3v) is 2.71. The number of nitrogens with two attached hydrogens (primary N) is 1. The van der Waals surface area contributed by atoms with Gasteiger partial charge in [0.05, 0.1) is 13.7 Å². The Bertz CT molecular complexity index is 353. The first-order chi connectivity index (χ1) is 8.69. The fourth-order valence-electron chi connectivity index (χ4n) is 1.62. The van der Waals surface area contributed by atoms with Crippen LogP contribution in [0.4, 0.5) is 0 Å². The van der Waals surface area contributed by atoms with Crippen LogP contribution in [-0.2, 0) is 4.74 Å². The highest BCUT2D eigenvalue weighted by Gasteiger charge is 2.07. The highest BCUT2D eigenvalue weighted by atomic mass is 16.5. The summed E-state index contributed by atoms with van der Waals surface area (Å²) in [7, 11) is 3.34. The van der Waals surface area contributed by atoms with Gasteiger partial charge in [0.25, 0.3) is 0 Å². The highest BCUT2D eigenvalue weighted by Crippen LogP contribution is 2.29. The van der Waals surface area contributed by atoms with Crippen molar-refractivity contribution >= 4 is 0 Å². The van der Waals surface area contributed by atoms with Crippen molar-refractivity contribution in [2.75, 3.05) is 27.4 Å². The molecule has 4 nitrogen and oxygen atoms in total. The van der Waals surface area contributed by atoms with Gasteiger partial charge in [-0.1, -0.05) is 6.07 Å². The molecule has 0 aliphatic rings. The third-order valence-electron chi connectivity index (χ3n) is 2.71. The van der Waals surface area contributed by atoms with Crippen molar-refractivity contribution < 1.29 is 14.2 Å². The minimum absolute atomic E-state index is 0.00495. The van der Waals surface area contributed by atoms with Crippen LogP contribution in [0.3, 0.4) is 0 Å². The average molecular weight is 253 g/mol. The smallest absolute Gasteiger partial charge is 0.161 e. The van der Waals surface area contributed by atoms with Gasteiger partial charge in [0.1, 0.15) is 0 Å². The van der Waals surface area contributed by atoms with Gasteiger partial charge in [0, 0.05) is 19.8 Å². The summed E-state index contributed by atoms with van der Waals surface area (Å²) in [4.78, 5) is 0. The molecule has 0 unspecified atom stereocenters. The van der Waals surface area contributed by atoms with E-state index in [-0.39, 0.29) is 6.04 Å². The lowest BCUT2D eigenvalue weighted by molar-refractivity contribution is 0.183. The van der Waals surface area contributed by atoms with Crippen LogP contribution in [0.25, 0.3) is 0 Å². The Labute approximate surface area is 109 Å². The maximum atomic E-state index is 5.83. The zero-order valence-electron chi connectivity index (χ0n) is 11.4. The molecule has 1 rings (SSSR count). The first-order valence-electron chi connectivity index (χ1n) is 6.24. The molecule has 0 amide bonds. The Morgan fingerprint density at radius 2 is 1.83 bits per heavy atom. The molecule has 0 bridgehead atoms. The monoisotopic (exact) mass is 253 g/mol. The van der Waals surface area contributed by atoms with Gasteiger partial charge in [0.15, 0.2) is 11.5 Å². The molecule has 4 heteroatoms. The summed E-state index contributed by atoms with van der Waals surface area (Å²) < 4.78 is 16.0. The van der Waals surface area contributed by atoms with E-state index in [0.717, 1.165) is 36.5 Å². The van der Waals surface area contributed by atoms with Gasteiger partial charge >= 0.3 is 0 Å². The van der Waals surface area contributed by atoms with Crippen LogP contribution in [-0.4, -0.2) is 27.4 Å². The van der Waals surface area contributed by atoms with Crippen LogP contribution in [0.15, 0.2) is 18.2 Å². The molecular weight excluding hydrogens is 230 g/mol. The minimum atomic E-state index is -0.00495. The maximum Gasteiger partial charge on any atom is 0.161 e. The summed E-state index contributed by atoms with van der Waals surface area (Å²) in [5, 5.41) is 0. The van der Waals surface area contributed by atoms with Crippen molar-refractivity contribution in [3.8, 4) is 11.5 Å². The van der Waals surface area contributed by atoms with Crippen LogP contribution in [0.5, 0.6) is 11.5 Å². The summed E-state index contributed by atoms with van der Waals surface area (Å²) in [6.45, 7) is 3.38. The van der Waals surface area contributed by atoms with E-state index in [4.69, 9.17) is 19.9 Å².